The highest BCUT2D eigenvalue weighted by molar-refractivity contribution is 5.12. The zero-order valence-corrected chi connectivity index (χ0v) is 9.07. The number of nitrogens with one attached hydrogen (secondary N) is 1. The number of rotatable bonds is 7. The molecule has 0 spiro atoms. The summed E-state index contributed by atoms with van der Waals surface area (Å²) < 4.78 is 5.11. The van der Waals surface area contributed by atoms with Gasteiger partial charge < -0.3 is 15.2 Å². The molecule has 0 atom stereocenters. The first-order valence-corrected chi connectivity index (χ1v) is 5.14. The minimum atomic E-state index is 0.0852. The molecule has 1 aromatic rings. The maximum absolute atomic E-state index is 8.47. The molecule has 0 bridgehead atoms. The molecule has 2 N–H and O–H groups in total. The quantitative estimate of drug-likeness (QED) is 0.643. The molecule has 0 aromatic carbocycles. The SMILES string of the molecule is Cc1ccc(CNCCOCCO)cn1. The summed E-state index contributed by atoms with van der Waals surface area (Å²) in [6.07, 6.45) is 1.87. The van der Waals surface area contributed by atoms with Gasteiger partial charge in [-0.05, 0) is 18.6 Å². The van der Waals surface area contributed by atoms with E-state index in [0.29, 0.717) is 13.2 Å². The summed E-state index contributed by atoms with van der Waals surface area (Å²) in [4.78, 5) is 4.20. The van der Waals surface area contributed by atoms with Crippen molar-refractivity contribution in [1.29, 1.82) is 0 Å². The number of nitrogens with zero attached hydrogens (tertiary/aromatic N) is 1. The molecule has 84 valence electrons. The smallest absolute Gasteiger partial charge is 0.0698 e. The number of hydrogen-bond donors (Lipinski definition) is 2. The van der Waals surface area contributed by atoms with Gasteiger partial charge in [-0.1, -0.05) is 6.07 Å². The van der Waals surface area contributed by atoms with E-state index in [1.54, 1.807) is 0 Å². The highest BCUT2D eigenvalue weighted by Crippen LogP contribution is 1.97. The van der Waals surface area contributed by atoms with Crippen LogP contribution >= 0.6 is 0 Å². The van der Waals surface area contributed by atoms with Gasteiger partial charge >= 0.3 is 0 Å². The van der Waals surface area contributed by atoms with Gasteiger partial charge in [-0.25, -0.2) is 0 Å². The first-order chi connectivity index (χ1) is 7.33. The molecule has 4 heteroatoms. The van der Waals surface area contributed by atoms with E-state index in [-0.39, 0.29) is 6.61 Å². The molecule has 4 nitrogen and oxygen atoms in total. The number of aliphatic hydroxyl groups is 1. The molecule has 1 aromatic heterocycles. The van der Waals surface area contributed by atoms with Gasteiger partial charge in [0.2, 0.25) is 0 Å². The lowest BCUT2D eigenvalue weighted by atomic mass is 10.2. The third kappa shape index (κ3) is 5.47. The molecular weight excluding hydrogens is 192 g/mol. The van der Waals surface area contributed by atoms with Gasteiger partial charge in [-0.15, -0.1) is 0 Å². The van der Waals surface area contributed by atoms with Gasteiger partial charge in [0.05, 0.1) is 19.8 Å². The van der Waals surface area contributed by atoms with Crippen molar-refractivity contribution in [3.63, 3.8) is 0 Å². The molecule has 0 fully saturated rings. The third-order valence-corrected chi connectivity index (χ3v) is 1.96. The summed E-state index contributed by atoms with van der Waals surface area (Å²) in [5, 5.41) is 11.7. The van der Waals surface area contributed by atoms with E-state index < -0.39 is 0 Å². The van der Waals surface area contributed by atoms with Crippen molar-refractivity contribution in [3.05, 3.63) is 29.6 Å². The normalized spacial score (nSPS) is 10.5. The van der Waals surface area contributed by atoms with E-state index in [0.717, 1.165) is 18.8 Å². The fourth-order valence-corrected chi connectivity index (χ4v) is 1.15. The standard InChI is InChI=1S/C11H18N2O2/c1-10-2-3-11(9-13-10)8-12-4-6-15-7-5-14/h2-3,9,12,14H,4-8H2,1H3. The Morgan fingerprint density at radius 3 is 2.93 bits per heavy atom. The Balaban J connectivity index is 2.07. The molecular formula is C11H18N2O2. The van der Waals surface area contributed by atoms with Crippen LogP contribution in [0.3, 0.4) is 0 Å². The molecule has 0 saturated heterocycles. The monoisotopic (exact) mass is 210 g/mol. The Morgan fingerprint density at radius 2 is 2.27 bits per heavy atom. The Kier molecular flexibility index (Phi) is 5.92. The highest BCUT2D eigenvalue weighted by atomic mass is 16.5. The average molecular weight is 210 g/mol. The Hall–Kier alpha value is -0.970. The molecule has 0 unspecified atom stereocenters. The number of aryl methyl sites for hydroxylation is 1. The van der Waals surface area contributed by atoms with E-state index >= 15 is 0 Å². The second-order valence-corrected chi connectivity index (χ2v) is 3.32. The zero-order chi connectivity index (χ0) is 10.9. The molecule has 1 rings (SSSR count). The van der Waals surface area contributed by atoms with Crippen LogP contribution in [-0.2, 0) is 11.3 Å². The van der Waals surface area contributed by atoms with Gasteiger partial charge in [0.25, 0.3) is 0 Å². The summed E-state index contributed by atoms with van der Waals surface area (Å²) >= 11 is 0. The summed E-state index contributed by atoms with van der Waals surface area (Å²) in [5.41, 5.74) is 2.20. The van der Waals surface area contributed by atoms with Gasteiger partial charge in [-0.2, -0.15) is 0 Å². The molecule has 0 aliphatic heterocycles. The van der Waals surface area contributed by atoms with Crippen LogP contribution in [0.4, 0.5) is 0 Å². The zero-order valence-electron chi connectivity index (χ0n) is 9.07. The van der Waals surface area contributed by atoms with Crippen molar-refractivity contribution >= 4 is 0 Å². The number of aromatic nitrogens is 1. The van der Waals surface area contributed by atoms with Gasteiger partial charge in [0, 0.05) is 25.0 Å². The fourth-order valence-electron chi connectivity index (χ4n) is 1.15. The van der Waals surface area contributed by atoms with Crippen LogP contribution in [0, 0.1) is 6.92 Å². The van der Waals surface area contributed by atoms with Crippen molar-refractivity contribution in [1.82, 2.24) is 10.3 Å². The highest BCUT2D eigenvalue weighted by Gasteiger charge is 1.93. The molecule has 0 aliphatic carbocycles. The Bertz CT molecular complexity index is 262. The molecule has 1 heterocycles. The van der Waals surface area contributed by atoms with E-state index in [4.69, 9.17) is 9.84 Å². The minimum absolute atomic E-state index is 0.0852. The minimum Gasteiger partial charge on any atom is -0.394 e. The third-order valence-electron chi connectivity index (χ3n) is 1.96. The van der Waals surface area contributed by atoms with Crippen molar-refractivity contribution < 1.29 is 9.84 Å². The second kappa shape index (κ2) is 7.34. The van der Waals surface area contributed by atoms with Crippen LogP contribution in [0.5, 0.6) is 0 Å². The Morgan fingerprint density at radius 1 is 1.40 bits per heavy atom. The Labute approximate surface area is 90.3 Å². The maximum Gasteiger partial charge on any atom is 0.0698 e. The number of aliphatic hydroxyl groups excluding tert-OH is 1. The number of ether oxygens (including phenoxy) is 1. The van der Waals surface area contributed by atoms with Gasteiger partial charge in [-0.3, -0.25) is 4.98 Å². The van der Waals surface area contributed by atoms with Gasteiger partial charge in [0.1, 0.15) is 0 Å². The summed E-state index contributed by atoms with van der Waals surface area (Å²) in [7, 11) is 0. The van der Waals surface area contributed by atoms with Crippen molar-refractivity contribution in [2.24, 2.45) is 0 Å². The van der Waals surface area contributed by atoms with Crippen LogP contribution in [0.2, 0.25) is 0 Å². The predicted molar refractivity (Wildman–Crippen MR) is 58.6 cm³/mol. The second-order valence-electron chi connectivity index (χ2n) is 3.32. The first-order valence-electron chi connectivity index (χ1n) is 5.14. The molecule has 15 heavy (non-hydrogen) atoms. The van der Waals surface area contributed by atoms with Crippen molar-refractivity contribution in [3.8, 4) is 0 Å². The van der Waals surface area contributed by atoms with Crippen LogP contribution in [-0.4, -0.2) is 36.5 Å². The average Bonchev–Trinajstić information content (AvgIpc) is 2.26. The van der Waals surface area contributed by atoms with Crippen molar-refractivity contribution in [2.45, 2.75) is 13.5 Å². The summed E-state index contributed by atoms with van der Waals surface area (Å²) in [6, 6.07) is 4.06. The molecule has 0 aliphatic rings. The van der Waals surface area contributed by atoms with Gasteiger partial charge in [0.15, 0.2) is 0 Å². The molecule has 0 amide bonds. The summed E-state index contributed by atoms with van der Waals surface area (Å²) in [6.45, 7) is 4.68. The van der Waals surface area contributed by atoms with Crippen LogP contribution < -0.4 is 5.32 Å². The van der Waals surface area contributed by atoms with E-state index in [2.05, 4.69) is 16.4 Å². The van der Waals surface area contributed by atoms with E-state index in [1.165, 1.54) is 5.56 Å². The van der Waals surface area contributed by atoms with Crippen LogP contribution in [0.1, 0.15) is 11.3 Å². The van der Waals surface area contributed by atoms with Crippen molar-refractivity contribution in [2.75, 3.05) is 26.4 Å². The van der Waals surface area contributed by atoms with E-state index in [9.17, 15) is 0 Å². The molecule has 0 radical (unpaired) electrons. The maximum atomic E-state index is 8.47. The summed E-state index contributed by atoms with van der Waals surface area (Å²) in [5.74, 6) is 0. The number of pyridine rings is 1. The lowest BCUT2D eigenvalue weighted by molar-refractivity contribution is 0.0938. The fraction of sp³-hybridized carbons (Fsp3) is 0.545. The van der Waals surface area contributed by atoms with Crippen LogP contribution in [0.15, 0.2) is 18.3 Å². The predicted octanol–water partition coefficient (Wildman–Crippen LogP) is 0.489. The van der Waals surface area contributed by atoms with E-state index in [1.807, 2.05) is 19.2 Å². The molecule has 0 saturated carbocycles. The first kappa shape index (κ1) is 12.1. The lowest BCUT2D eigenvalue weighted by Crippen LogP contribution is -2.20. The number of hydrogen-bond acceptors (Lipinski definition) is 4. The lowest BCUT2D eigenvalue weighted by Gasteiger charge is -2.05. The van der Waals surface area contributed by atoms with Crippen LogP contribution in [0.25, 0.3) is 0 Å². The largest absolute Gasteiger partial charge is 0.394 e. The topological polar surface area (TPSA) is 54.4 Å².